The second-order valence-corrected chi connectivity index (χ2v) is 4.36. The molecule has 1 aliphatic heterocycles. The van der Waals surface area contributed by atoms with Gasteiger partial charge in [0.25, 0.3) is 0 Å². The third kappa shape index (κ3) is 2.75. The lowest BCUT2D eigenvalue weighted by Crippen LogP contribution is -2.54. The van der Waals surface area contributed by atoms with Crippen LogP contribution in [0.4, 0.5) is 14.5 Å². The summed E-state index contributed by atoms with van der Waals surface area (Å²) in [5.41, 5.74) is 0.973. The summed E-state index contributed by atoms with van der Waals surface area (Å²) in [5, 5.41) is 0. The molecule has 0 radical (unpaired) electrons. The van der Waals surface area contributed by atoms with Gasteiger partial charge in [0.15, 0.2) is 0 Å². The topological polar surface area (TPSA) is 6.48 Å². The van der Waals surface area contributed by atoms with Crippen LogP contribution in [0.1, 0.15) is 6.92 Å². The number of benzene rings is 1. The van der Waals surface area contributed by atoms with Crippen molar-refractivity contribution in [3.63, 3.8) is 0 Å². The normalized spacial score (nSPS) is 21.8. The Hall–Kier alpha value is -1.16. The molecule has 0 aliphatic carbocycles. The van der Waals surface area contributed by atoms with Crippen molar-refractivity contribution in [3.8, 4) is 0 Å². The number of piperazine rings is 1. The van der Waals surface area contributed by atoms with Gasteiger partial charge in [0.2, 0.25) is 0 Å². The van der Waals surface area contributed by atoms with E-state index in [0.717, 1.165) is 25.3 Å². The number of halogens is 2. The highest BCUT2D eigenvalue weighted by Gasteiger charge is 2.25. The van der Waals surface area contributed by atoms with Crippen LogP contribution in [-0.4, -0.2) is 43.8 Å². The summed E-state index contributed by atoms with van der Waals surface area (Å²) in [5.74, 6) is -0.233. The minimum atomic E-state index is -0.328. The Kier molecular flexibility index (Phi) is 3.94. The standard InChI is InChI=1S/C13H18F2N2/c1-2-16-7-8-17(10-13(16)9-14)12-5-3-11(15)4-6-12/h3-6,13H,2,7-10H2,1H3. The molecule has 2 nitrogen and oxygen atoms in total. The van der Waals surface area contributed by atoms with Crippen LogP contribution in [0.25, 0.3) is 0 Å². The minimum Gasteiger partial charge on any atom is -0.369 e. The second-order valence-electron chi connectivity index (χ2n) is 4.36. The number of anilines is 1. The lowest BCUT2D eigenvalue weighted by molar-refractivity contribution is 0.156. The number of hydrogen-bond donors (Lipinski definition) is 0. The molecule has 1 unspecified atom stereocenters. The van der Waals surface area contributed by atoms with E-state index in [-0.39, 0.29) is 18.5 Å². The van der Waals surface area contributed by atoms with Gasteiger partial charge in [0.1, 0.15) is 12.5 Å². The fraction of sp³-hybridized carbons (Fsp3) is 0.538. The molecular weight excluding hydrogens is 222 g/mol. The van der Waals surface area contributed by atoms with Crippen LogP contribution in [0.2, 0.25) is 0 Å². The van der Waals surface area contributed by atoms with Gasteiger partial charge in [-0.15, -0.1) is 0 Å². The maximum atomic E-state index is 12.9. The van der Waals surface area contributed by atoms with Gasteiger partial charge >= 0.3 is 0 Å². The van der Waals surface area contributed by atoms with Gasteiger partial charge in [-0.2, -0.15) is 0 Å². The minimum absolute atomic E-state index is 0.0428. The van der Waals surface area contributed by atoms with E-state index in [1.807, 2.05) is 0 Å². The molecule has 1 saturated heterocycles. The first-order chi connectivity index (χ1) is 8.24. The van der Waals surface area contributed by atoms with Gasteiger partial charge in [-0.25, -0.2) is 8.78 Å². The molecule has 0 saturated carbocycles. The first-order valence-electron chi connectivity index (χ1n) is 6.05. The van der Waals surface area contributed by atoms with E-state index in [0.29, 0.717) is 6.54 Å². The van der Waals surface area contributed by atoms with Gasteiger partial charge < -0.3 is 4.90 Å². The van der Waals surface area contributed by atoms with E-state index in [4.69, 9.17) is 0 Å². The Labute approximate surface area is 101 Å². The third-order valence-corrected chi connectivity index (χ3v) is 3.38. The number of likely N-dealkylation sites (N-methyl/N-ethyl adjacent to an activating group) is 1. The largest absolute Gasteiger partial charge is 0.369 e. The van der Waals surface area contributed by atoms with E-state index in [1.54, 1.807) is 12.1 Å². The van der Waals surface area contributed by atoms with Crippen molar-refractivity contribution in [2.24, 2.45) is 0 Å². The predicted octanol–water partition coefficient (Wildman–Crippen LogP) is 2.31. The molecule has 94 valence electrons. The lowest BCUT2D eigenvalue weighted by atomic mass is 10.1. The number of alkyl halides is 1. The molecule has 1 atom stereocenters. The van der Waals surface area contributed by atoms with Crippen molar-refractivity contribution >= 4 is 5.69 Å². The highest BCUT2D eigenvalue weighted by atomic mass is 19.1. The average Bonchev–Trinajstić information content (AvgIpc) is 2.39. The summed E-state index contributed by atoms with van der Waals surface area (Å²) in [6.45, 7) is 5.02. The van der Waals surface area contributed by atoms with Gasteiger partial charge in [-0.1, -0.05) is 6.92 Å². The first kappa shape index (κ1) is 12.3. The van der Waals surface area contributed by atoms with Crippen molar-refractivity contribution in [2.75, 3.05) is 37.8 Å². The van der Waals surface area contributed by atoms with E-state index < -0.39 is 0 Å². The average molecular weight is 240 g/mol. The number of rotatable bonds is 3. The Balaban J connectivity index is 2.06. The van der Waals surface area contributed by atoms with E-state index in [2.05, 4.69) is 16.7 Å². The fourth-order valence-electron chi connectivity index (χ4n) is 2.34. The smallest absolute Gasteiger partial charge is 0.123 e. The zero-order valence-electron chi connectivity index (χ0n) is 10.1. The van der Waals surface area contributed by atoms with Crippen LogP contribution in [0.15, 0.2) is 24.3 Å². The van der Waals surface area contributed by atoms with E-state index in [9.17, 15) is 8.78 Å². The molecule has 0 amide bonds. The second kappa shape index (κ2) is 5.45. The number of hydrogen-bond acceptors (Lipinski definition) is 2. The Morgan fingerprint density at radius 3 is 2.53 bits per heavy atom. The monoisotopic (exact) mass is 240 g/mol. The summed E-state index contributed by atoms with van der Waals surface area (Å²) >= 11 is 0. The molecule has 17 heavy (non-hydrogen) atoms. The van der Waals surface area contributed by atoms with Gasteiger partial charge in [-0.05, 0) is 30.8 Å². The summed E-state index contributed by atoms with van der Waals surface area (Å²) in [6, 6.07) is 6.37. The molecule has 1 aliphatic rings. The quantitative estimate of drug-likeness (QED) is 0.800. The molecule has 0 N–H and O–H groups in total. The van der Waals surface area contributed by atoms with Crippen molar-refractivity contribution < 1.29 is 8.78 Å². The molecule has 1 aromatic carbocycles. The van der Waals surface area contributed by atoms with Crippen molar-refractivity contribution in [1.82, 2.24) is 4.90 Å². The Morgan fingerprint density at radius 1 is 1.24 bits per heavy atom. The van der Waals surface area contributed by atoms with Gasteiger partial charge in [0.05, 0.1) is 6.04 Å². The van der Waals surface area contributed by atoms with Crippen LogP contribution in [0.5, 0.6) is 0 Å². The first-order valence-corrected chi connectivity index (χ1v) is 6.05. The Morgan fingerprint density at radius 2 is 1.94 bits per heavy atom. The SMILES string of the molecule is CCN1CCN(c2ccc(F)cc2)CC1CF. The predicted molar refractivity (Wildman–Crippen MR) is 65.6 cm³/mol. The van der Waals surface area contributed by atoms with Crippen molar-refractivity contribution in [2.45, 2.75) is 13.0 Å². The summed E-state index contributed by atoms with van der Waals surface area (Å²) in [7, 11) is 0. The molecule has 2 rings (SSSR count). The summed E-state index contributed by atoms with van der Waals surface area (Å²) < 4.78 is 25.8. The highest BCUT2D eigenvalue weighted by Crippen LogP contribution is 2.19. The van der Waals surface area contributed by atoms with Crippen LogP contribution in [0.3, 0.4) is 0 Å². The van der Waals surface area contributed by atoms with Crippen LogP contribution < -0.4 is 4.90 Å². The van der Waals surface area contributed by atoms with Gasteiger partial charge in [0, 0.05) is 25.3 Å². The van der Waals surface area contributed by atoms with Gasteiger partial charge in [-0.3, -0.25) is 4.90 Å². The molecule has 1 heterocycles. The molecule has 0 bridgehead atoms. The lowest BCUT2D eigenvalue weighted by Gasteiger charge is -2.40. The Bertz CT molecular complexity index is 353. The summed E-state index contributed by atoms with van der Waals surface area (Å²) in [4.78, 5) is 4.27. The van der Waals surface area contributed by atoms with Crippen molar-refractivity contribution in [1.29, 1.82) is 0 Å². The zero-order valence-corrected chi connectivity index (χ0v) is 10.1. The summed E-state index contributed by atoms with van der Waals surface area (Å²) in [6.07, 6.45) is 0. The van der Waals surface area contributed by atoms with Crippen LogP contribution in [-0.2, 0) is 0 Å². The molecule has 0 aromatic heterocycles. The maximum Gasteiger partial charge on any atom is 0.123 e. The fourth-order valence-corrected chi connectivity index (χ4v) is 2.34. The molecule has 1 aromatic rings. The maximum absolute atomic E-state index is 12.9. The zero-order chi connectivity index (χ0) is 12.3. The van der Waals surface area contributed by atoms with Crippen LogP contribution >= 0.6 is 0 Å². The van der Waals surface area contributed by atoms with E-state index in [1.165, 1.54) is 12.1 Å². The van der Waals surface area contributed by atoms with Crippen LogP contribution in [0, 0.1) is 5.82 Å². The molecule has 0 spiro atoms. The highest BCUT2D eigenvalue weighted by molar-refractivity contribution is 5.47. The van der Waals surface area contributed by atoms with E-state index >= 15 is 0 Å². The third-order valence-electron chi connectivity index (χ3n) is 3.38. The number of nitrogens with zero attached hydrogens (tertiary/aromatic N) is 2. The molecular formula is C13H18F2N2. The van der Waals surface area contributed by atoms with Crippen molar-refractivity contribution in [3.05, 3.63) is 30.1 Å². The molecule has 1 fully saturated rings. The molecule has 4 heteroatoms.